The third kappa shape index (κ3) is 4.86. The number of carbonyl (C=O) groups excluding carboxylic acids is 2. The minimum atomic E-state index is -0.0357. The van der Waals surface area contributed by atoms with E-state index in [0.717, 1.165) is 23.2 Å². The van der Waals surface area contributed by atoms with Crippen molar-refractivity contribution in [2.24, 2.45) is 0 Å². The van der Waals surface area contributed by atoms with E-state index in [9.17, 15) is 9.59 Å². The predicted molar refractivity (Wildman–Crippen MR) is 91.2 cm³/mol. The molecule has 0 aliphatic carbocycles. The Kier molecular flexibility index (Phi) is 6.60. The fourth-order valence-electron chi connectivity index (χ4n) is 2.69. The maximum absolute atomic E-state index is 12.0. The molecule has 0 fully saturated rings. The number of nitrogens with zero attached hydrogens (tertiary/aromatic N) is 1. The number of nitrogens with one attached hydrogen (secondary N) is 1. The smallest absolute Gasteiger partial charge is 0.223 e. The van der Waals surface area contributed by atoms with Crippen molar-refractivity contribution < 1.29 is 9.59 Å². The van der Waals surface area contributed by atoms with Crippen molar-refractivity contribution in [2.75, 3.05) is 11.4 Å². The van der Waals surface area contributed by atoms with Gasteiger partial charge >= 0.3 is 0 Å². The second kappa shape index (κ2) is 7.97. The number of rotatable bonds is 6. The molecule has 1 aromatic rings. The Morgan fingerprint density at radius 1 is 1.18 bits per heavy atom. The molecule has 0 saturated carbocycles. The lowest BCUT2D eigenvalue weighted by molar-refractivity contribution is -0.121. The van der Waals surface area contributed by atoms with Gasteiger partial charge in [0.05, 0.1) is 0 Å². The lowest BCUT2D eigenvalue weighted by Gasteiger charge is -2.25. The lowest BCUT2D eigenvalue weighted by Crippen LogP contribution is -2.37. The SMILES string of the molecule is CCC(C)NC(=O)CCN(C(C)=O)c1c(C)cc(C)cc1C. The van der Waals surface area contributed by atoms with Crippen LogP contribution in [0.25, 0.3) is 0 Å². The molecule has 2 amide bonds. The number of anilines is 1. The van der Waals surface area contributed by atoms with Gasteiger partial charge in [0.2, 0.25) is 11.8 Å². The molecule has 1 atom stereocenters. The largest absolute Gasteiger partial charge is 0.354 e. The molecule has 0 aromatic heterocycles. The van der Waals surface area contributed by atoms with Crippen molar-refractivity contribution >= 4 is 17.5 Å². The van der Waals surface area contributed by atoms with Crippen LogP contribution in [0, 0.1) is 20.8 Å². The summed E-state index contributed by atoms with van der Waals surface area (Å²) in [6.45, 7) is 12.0. The van der Waals surface area contributed by atoms with Crippen LogP contribution in [0.15, 0.2) is 12.1 Å². The first-order valence-corrected chi connectivity index (χ1v) is 7.91. The molecule has 0 radical (unpaired) electrons. The van der Waals surface area contributed by atoms with E-state index in [1.165, 1.54) is 5.56 Å². The Balaban J connectivity index is 2.88. The summed E-state index contributed by atoms with van der Waals surface area (Å²) in [6.07, 6.45) is 1.22. The minimum Gasteiger partial charge on any atom is -0.354 e. The first-order chi connectivity index (χ1) is 10.3. The van der Waals surface area contributed by atoms with E-state index in [4.69, 9.17) is 0 Å². The summed E-state index contributed by atoms with van der Waals surface area (Å²) in [5.41, 5.74) is 4.23. The molecule has 22 heavy (non-hydrogen) atoms. The molecule has 0 aliphatic rings. The van der Waals surface area contributed by atoms with E-state index in [2.05, 4.69) is 17.4 Å². The third-order valence-corrected chi connectivity index (χ3v) is 3.87. The maximum atomic E-state index is 12.0. The van der Waals surface area contributed by atoms with E-state index in [1.807, 2.05) is 34.6 Å². The summed E-state index contributed by atoms with van der Waals surface area (Å²) in [5.74, 6) is -0.0468. The van der Waals surface area contributed by atoms with Gasteiger partial charge in [-0.2, -0.15) is 0 Å². The molecule has 0 bridgehead atoms. The van der Waals surface area contributed by atoms with E-state index < -0.39 is 0 Å². The molecule has 0 heterocycles. The fourth-order valence-corrected chi connectivity index (χ4v) is 2.69. The van der Waals surface area contributed by atoms with Gasteiger partial charge < -0.3 is 10.2 Å². The van der Waals surface area contributed by atoms with Gasteiger partial charge in [0.25, 0.3) is 0 Å². The topological polar surface area (TPSA) is 49.4 Å². The highest BCUT2D eigenvalue weighted by Crippen LogP contribution is 2.26. The van der Waals surface area contributed by atoms with Crippen molar-refractivity contribution in [3.8, 4) is 0 Å². The average Bonchev–Trinajstić information content (AvgIpc) is 2.40. The van der Waals surface area contributed by atoms with Gasteiger partial charge in [-0.3, -0.25) is 9.59 Å². The van der Waals surface area contributed by atoms with E-state index >= 15 is 0 Å². The molecule has 0 spiro atoms. The van der Waals surface area contributed by atoms with Gasteiger partial charge in [-0.25, -0.2) is 0 Å². The van der Waals surface area contributed by atoms with E-state index in [1.54, 1.807) is 11.8 Å². The van der Waals surface area contributed by atoms with Crippen molar-refractivity contribution in [1.29, 1.82) is 0 Å². The summed E-state index contributed by atoms with van der Waals surface area (Å²) < 4.78 is 0. The van der Waals surface area contributed by atoms with Gasteiger partial charge in [-0.15, -0.1) is 0 Å². The number of aryl methyl sites for hydroxylation is 3. The molecule has 122 valence electrons. The first kappa shape index (κ1) is 18.2. The molecule has 0 aliphatic heterocycles. The predicted octanol–water partition coefficient (Wildman–Crippen LogP) is 3.27. The van der Waals surface area contributed by atoms with E-state index in [-0.39, 0.29) is 17.9 Å². The summed E-state index contributed by atoms with van der Waals surface area (Å²) in [6, 6.07) is 4.30. The molecule has 1 aromatic carbocycles. The lowest BCUT2D eigenvalue weighted by atomic mass is 10.0. The number of carbonyl (C=O) groups is 2. The molecular formula is C18H28N2O2. The number of hydrogen-bond acceptors (Lipinski definition) is 2. The number of hydrogen-bond donors (Lipinski definition) is 1. The van der Waals surface area contributed by atoms with Crippen molar-refractivity contribution in [3.63, 3.8) is 0 Å². The van der Waals surface area contributed by atoms with Crippen molar-refractivity contribution in [3.05, 3.63) is 28.8 Å². The van der Waals surface area contributed by atoms with Crippen molar-refractivity contribution in [1.82, 2.24) is 5.32 Å². The van der Waals surface area contributed by atoms with Gasteiger partial charge in [0.1, 0.15) is 0 Å². The highest BCUT2D eigenvalue weighted by atomic mass is 16.2. The van der Waals surface area contributed by atoms with Gasteiger partial charge in [-0.05, 0) is 45.2 Å². The highest BCUT2D eigenvalue weighted by molar-refractivity contribution is 5.94. The summed E-state index contributed by atoms with van der Waals surface area (Å²) in [4.78, 5) is 25.7. The van der Waals surface area contributed by atoms with Crippen LogP contribution in [0.3, 0.4) is 0 Å². The van der Waals surface area contributed by atoms with Crippen molar-refractivity contribution in [2.45, 2.75) is 60.4 Å². The van der Waals surface area contributed by atoms with Crippen LogP contribution in [0.5, 0.6) is 0 Å². The minimum absolute atomic E-state index is 0.0111. The zero-order chi connectivity index (χ0) is 16.9. The highest BCUT2D eigenvalue weighted by Gasteiger charge is 2.18. The molecule has 4 nitrogen and oxygen atoms in total. The van der Waals surface area contributed by atoms with Gasteiger partial charge in [0.15, 0.2) is 0 Å². The van der Waals surface area contributed by atoms with Crippen LogP contribution in [-0.2, 0) is 9.59 Å². The molecule has 4 heteroatoms. The number of benzene rings is 1. The molecule has 0 saturated heterocycles. The molecular weight excluding hydrogens is 276 g/mol. The van der Waals surface area contributed by atoms with Crippen LogP contribution >= 0.6 is 0 Å². The van der Waals surface area contributed by atoms with E-state index in [0.29, 0.717) is 13.0 Å². The zero-order valence-corrected chi connectivity index (χ0v) is 14.6. The van der Waals surface area contributed by atoms with Crippen LogP contribution < -0.4 is 10.2 Å². The zero-order valence-electron chi connectivity index (χ0n) is 14.6. The Morgan fingerprint density at radius 3 is 2.18 bits per heavy atom. The Labute approximate surface area is 133 Å². The van der Waals surface area contributed by atoms with Crippen LogP contribution in [0.1, 0.15) is 50.3 Å². The fraction of sp³-hybridized carbons (Fsp3) is 0.556. The quantitative estimate of drug-likeness (QED) is 0.877. The summed E-state index contributed by atoms with van der Waals surface area (Å²) in [5, 5.41) is 2.94. The molecule has 1 unspecified atom stereocenters. The Morgan fingerprint density at radius 2 is 1.73 bits per heavy atom. The first-order valence-electron chi connectivity index (χ1n) is 7.91. The Hall–Kier alpha value is -1.84. The molecule has 1 N–H and O–H groups in total. The summed E-state index contributed by atoms with van der Waals surface area (Å²) >= 11 is 0. The van der Waals surface area contributed by atoms with Gasteiger partial charge in [0, 0.05) is 31.6 Å². The Bertz CT molecular complexity index is 529. The number of amides is 2. The monoisotopic (exact) mass is 304 g/mol. The standard InChI is InChI=1S/C18H28N2O2/c1-7-15(5)19-17(22)8-9-20(16(6)21)18-13(3)10-12(2)11-14(18)4/h10-11,15H,7-9H2,1-6H3,(H,19,22). The van der Waals surface area contributed by atoms with Crippen LogP contribution in [-0.4, -0.2) is 24.4 Å². The second-order valence-corrected chi connectivity index (χ2v) is 6.04. The van der Waals surface area contributed by atoms with Crippen LogP contribution in [0.4, 0.5) is 5.69 Å². The van der Waals surface area contributed by atoms with Crippen LogP contribution in [0.2, 0.25) is 0 Å². The molecule has 1 rings (SSSR count). The maximum Gasteiger partial charge on any atom is 0.223 e. The summed E-state index contributed by atoms with van der Waals surface area (Å²) in [7, 11) is 0. The third-order valence-electron chi connectivity index (χ3n) is 3.87. The normalized spacial score (nSPS) is 11.9. The van der Waals surface area contributed by atoms with Gasteiger partial charge in [-0.1, -0.05) is 24.6 Å². The average molecular weight is 304 g/mol. The second-order valence-electron chi connectivity index (χ2n) is 6.04.